The van der Waals surface area contributed by atoms with Crippen LogP contribution in [0.2, 0.25) is 0 Å². The summed E-state index contributed by atoms with van der Waals surface area (Å²) in [5.74, 6) is 0. The van der Waals surface area contributed by atoms with Gasteiger partial charge in [-0.25, -0.2) is 4.39 Å². The minimum atomic E-state index is -1.20. The van der Waals surface area contributed by atoms with Crippen molar-refractivity contribution < 1.29 is 4.39 Å². The van der Waals surface area contributed by atoms with E-state index in [9.17, 15) is 4.39 Å². The Kier molecular flexibility index (Phi) is 2.34. The van der Waals surface area contributed by atoms with Crippen molar-refractivity contribution in [2.24, 2.45) is 5.73 Å². The molecule has 13 heavy (non-hydrogen) atoms. The van der Waals surface area contributed by atoms with Crippen molar-refractivity contribution in [1.82, 2.24) is 4.37 Å². The van der Waals surface area contributed by atoms with E-state index in [-0.39, 0.29) is 6.04 Å². The van der Waals surface area contributed by atoms with Crippen LogP contribution in [0.1, 0.15) is 31.4 Å². The van der Waals surface area contributed by atoms with Crippen molar-refractivity contribution in [3.8, 4) is 0 Å². The molecule has 1 aromatic heterocycles. The van der Waals surface area contributed by atoms with E-state index < -0.39 is 5.67 Å². The van der Waals surface area contributed by atoms with Crippen molar-refractivity contribution >= 4 is 11.5 Å². The fourth-order valence-corrected chi connectivity index (χ4v) is 2.39. The Labute approximate surface area is 81.1 Å². The predicted octanol–water partition coefficient (Wildman–Crippen LogP) is 2.21. The Hall–Kier alpha value is -0.480. The molecular formula is C9H13FN2S. The highest BCUT2D eigenvalue weighted by molar-refractivity contribution is 7.03. The monoisotopic (exact) mass is 200 g/mol. The molecule has 1 fully saturated rings. The fourth-order valence-electron chi connectivity index (χ4n) is 1.80. The molecule has 2 nitrogen and oxygen atoms in total. The summed E-state index contributed by atoms with van der Waals surface area (Å²) in [6.45, 7) is 0. The SMILES string of the molecule is NC1CCC(F)(c2ccsn2)CC1. The highest BCUT2D eigenvalue weighted by Gasteiger charge is 2.37. The Bertz CT molecular complexity index is 265. The van der Waals surface area contributed by atoms with E-state index in [1.165, 1.54) is 11.5 Å². The van der Waals surface area contributed by atoms with Crippen LogP contribution < -0.4 is 5.73 Å². The summed E-state index contributed by atoms with van der Waals surface area (Å²) in [6, 6.07) is 1.96. The summed E-state index contributed by atoms with van der Waals surface area (Å²) in [5, 5.41) is 1.82. The first kappa shape index (κ1) is 9.09. The molecule has 1 aliphatic carbocycles. The summed E-state index contributed by atoms with van der Waals surface area (Å²) < 4.78 is 18.3. The van der Waals surface area contributed by atoms with Gasteiger partial charge in [-0.05, 0) is 43.3 Å². The number of aromatic nitrogens is 1. The second kappa shape index (κ2) is 3.35. The Balaban J connectivity index is 2.13. The van der Waals surface area contributed by atoms with Crippen LogP contribution in [0.4, 0.5) is 4.39 Å². The summed E-state index contributed by atoms with van der Waals surface area (Å²) in [5.41, 5.74) is 5.13. The first-order valence-electron chi connectivity index (χ1n) is 4.56. The summed E-state index contributed by atoms with van der Waals surface area (Å²) >= 11 is 1.31. The van der Waals surface area contributed by atoms with Crippen molar-refractivity contribution in [3.63, 3.8) is 0 Å². The van der Waals surface area contributed by atoms with Gasteiger partial charge in [-0.1, -0.05) is 0 Å². The van der Waals surface area contributed by atoms with Gasteiger partial charge in [0.1, 0.15) is 0 Å². The third-order valence-electron chi connectivity index (χ3n) is 2.72. The minimum absolute atomic E-state index is 0.183. The predicted molar refractivity (Wildman–Crippen MR) is 51.3 cm³/mol. The molecule has 1 heterocycles. The maximum Gasteiger partial charge on any atom is 0.153 e. The van der Waals surface area contributed by atoms with Crippen LogP contribution in [0.3, 0.4) is 0 Å². The van der Waals surface area contributed by atoms with Crippen molar-refractivity contribution in [2.45, 2.75) is 37.4 Å². The highest BCUT2D eigenvalue weighted by atomic mass is 32.1. The van der Waals surface area contributed by atoms with Gasteiger partial charge in [0.2, 0.25) is 0 Å². The van der Waals surface area contributed by atoms with Gasteiger partial charge >= 0.3 is 0 Å². The number of halogens is 1. The van der Waals surface area contributed by atoms with Gasteiger partial charge in [0.15, 0.2) is 5.67 Å². The first-order valence-corrected chi connectivity index (χ1v) is 5.40. The molecule has 1 aromatic rings. The molecule has 0 spiro atoms. The van der Waals surface area contributed by atoms with Gasteiger partial charge in [0, 0.05) is 11.4 Å². The molecule has 2 N–H and O–H groups in total. The summed E-state index contributed by atoms with van der Waals surface area (Å²) in [7, 11) is 0. The number of nitrogens with two attached hydrogens (primary N) is 1. The lowest BCUT2D eigenvalue weighted by atomic mass is 9.82. The molecule has 0 saturated heterocycles. The highest BCUT2D eigenvalue weighted by Crippen LogP contribution is 2.39. The third-order valence-corrected chi connectivity index (χ3v) is 3.28. The van der Waals surface area contributed by atoms with Gasteiger partial charge < -0.3 is 5.73 Å². The van der Waals surface area contributed by atoms with Gasteiger partial charge in [0.25, 0.3) is 0 Å². The van der Waals surface area contributed by atoms with Crippen LogP contribution >= 0.6 is 11.5 Å². The van der Waals surface area contributed by atoms with Gasteiger partial charge in [-0.15, -0.1) is 0 Å². The molecule has 0 unspecified atom stereocenters. The second-order valence-electron chi connectivity index (χ2n) is 3.69. The maximum atomic E-state index is 14.2. The quantitative estimate of drug-likeness (QED) is 0.755. The molecule has 72 valence electrons. The lowest BCUT2D eigenvalue weighted by Gasteiger charge is -2.30. The van der Waals surface area contributed by atoms with Crippen LogP contribution in [0.5, 0.6) is 0 Å². The van der Waals surface area contributed by atoms with E-state index in [2.05, 4.69) is 4.37 Å². The van der Waals surface area contributed by atoms with Crippen LogP contribution in [0.25, 0.3) is 0 Å². The van der Waals surface area contributed by atoms with E-state index in [4.69, 9.17) is 5.73 Å². The zero-order valence-corrected chi connectivity index (χ0v) is 8.19. The summed E-state index contributed by atoms with van der Waals surface area (Å²) in [6.07, 6.45) is 2.60. The van der Waals surface area contributed by atoms with Crippen molar-refractivity contribution in [2.75, 3.05) is 0 Å². The van der Waals surface area contributed by atoms with Gasteiger partial charge in [-0.2, -0.15) is 4.37 Å². The molecule has 0 aliphatic heterocycles. The number of hydrogen-bond acceptors (Lipinski definition) is 3. The number of hydrogen-bond donors (Lipinski definition) is 1. The summed E-state index contributed by atoms with van der Waals surface area (Å²) in [4.78, 5) is 0. The average molecular weight is 200 g/mol. The van der Waals surface area contributed by atoms with Crippen LogP contribution in [0.15, 0.2) is 11.4 Å². The Morgan fingerprint density at radius 2 is 2.23 bits per heavy atom. The van der Waals surface area contributed by atoms with E-state index in [0.717, 1.165) is 12.8 Å². The van der Waals surface area contributed by atoms with Crippen molar-refractivity contribution in [3.05, 3.63) is 17.1 Å². The largest absolute Gasteiger partial charge is 0.328 e. The topological polar surface area (TPSA) is 38.9 Å². The smallest absolute Gasteiger partial charge is 0.153 e. The van der Waals surface area contributed by atoms with Crippen LogP contribution in [-0.2, 0) is 5.67 Å². The van der Waals surface area contributed by atoms with E-state index in [1.807, 2.05) is 5.38 Å². The lowest BCUT2D eigenvalue weighted by molar-refractivity contribution is 0.0941. The van der Waals surface area contributed by atoms with Crippen LogP contribution in [-0.4, -0.2) is 10.4 Å². The van der Waals surface area contributed by atoms with Crippen LogP contribution in [0, 0.1) is 0 Å². The lowest BCUT2D eigenvalue weighted by Crippen LogP contribution is -2.34. The number of rotatable bonds is 1. The molecule has 1 aliphatic rings. The molecule has 4 heteroatoms. The number of alkyl halides is 1. The first-order chi connectivity index (χ1) is 6.21. The molecule has 2 rings (SSSR count). The number of nitrogens with zero attached hydrogens (tertiary/aromatic N) is 1. The zero-order chi connectivity index (χ0) is 9.31. The fraction of sp³-hybridized carbons (Fsp3) is 0.667. The molecular weight excluding hydrogens is 187 g/mol. The Morgan fingerprint density at radius 1 is 1.54 bits per heavy atom. The molecule has 0 amide bonds. The van der Waals surface area contributed by atoms with Gasteiger partial charge in [-0.3, -0.25) is 0 Å². The minimum Gasteiger partial charge on any atom is -0.328 e. The standard InChI is InChI=1S/C9H13FN2S/c10-9(8-3-6-13-12-8)4-1-7(11)2-5-9/h3,6-7H,1-2,4-5,11H2. The Morgan fingerprint density at radius 3 is 2.77 bits per heavy atom. The van der Waals surface area contributed by atoms with E-state index in [0.29, 0.717) is 18.5 Å². The molecule has 1 saturated carbocycles. The normalized spacial score (nSPS) is 34.8. The zero-order valence-electron chi connectivity index (χ0n) is 7.37. The maximum absolute atomic E-state index is 14.2. The van der Waals surface area contributed by atoms with Gasteiger partial charge in [0.05, 0.1) is 5.69 Å². The van der Waals surface area contributed by atoms with Crippen molar-refractivity contribution in [1.29, 1.82) is 0 Å². The second-order valence-corrected chi connectivity index (χ2v) is 4.35. The molecule has 0 atom stereocenters. The van der Waals surface area contributed by atoms with E-state index >= 15 is 0 Å². The molecule has 0 radical (unpaired) electrons. The third kappa shape index (κ3) is 1.74. The average Bonchev–Trinajstić information content (AvgIpc) is 2.63. The van der Waals surface area contributed by atoms with E-state index in [1.54, 1.807) is 6.07 Å². The molecule has 0 aromatic carbocycles. The molecule has 0 bridgehead atoms.